The highest BCUT2D eigenvalue weighted by molar-refractivity contribution is 6.00. The van der Waals surface area contributed by atoms with Crippen molar-refractivity contribution in [2.24, 2.45) is 5.92 Å². The predicted molar refractivity (Wildman–Crippen MR) is 97.9 cm³/mol. The van der Waals surface area contributed by atoms with Crippen LogP contribution in [0.1, 0.15) is 28.5 Å². The van der Waals surface area contributed by atoms with E-state index in [1.165, 1.54) is 7.11 Å². The second-order valence-corrected chi connectivity index (χ2v) is 6.77. The van der Waals surface area contributed by atoms with Gasteiger partial charge in [0.05, 0.1) is 32.3 Å². The molecule has 7 heteroatoms. The highest BCUT2D eigenvalue weighted by Crippen LogP contribution is 2.48. The van der Waals surface area contributed by atoms with Crippen molar-refractivity contribution in [2.45, 2.75) is 12.3 Å². The van der Waals surface area contributed by atoms with E-state index in [9.17, 15) is 9.59 Å². The molecule has 0 spiro atoms. The van der Waals surface area contributed by atoms with Crippen molar-refractivity contribution < 1.29 is 23.5 Å². The minimum Gasteiger partial charge on any atom is -0.495 e. The smallest absolute Gasteiger partial charge is 0.254 e. The minimum absolute atomic E-state index is 0.0728. The van der Waals surface area contributed by atoms with Gasteiger partial charge in [0.25, 0.3) is 5.91 Å². The van der Waals surface area contributed by atoms with Gasteiger partial charge in [-0.1, -0.05) is 0 Å². The SMILES string of the molecule is COc1ccc(C(=O)N2CCOCC2)cc1NC(=O)[C@@H]1C[C@H]1c1ccco1. The minimum atomic E-state index is -0.126. The van der Waals surface area contributed by atoms with Crippen molar-refractivity contribution in [3.63, 3.8) is 0 Å². The van der Waals surface area contributed by atoms with Crippen LogP contribution in [0.4, 0.5) is 5.69 Å². The van der Waals surface area contributed by atoms with E-state index in [0.717, 1.165) is 12.2 Å². The summed E-state index contributed by atoms with van der Waals surface area (Å²) in [6.45, 7) is 2.22. The van der Waals surface area contributed by atoms with Crippen molar-refractivity contribution in [1.82, 2.24) is 4.90 Å². The van der Waals surface area contributed by atoms with E-state index in [1.807, 2.05) is 12.1 Å². The van der Waals surface area contributed by atoms with Gasteiger partial charge in [0.2, 0.25) is 5.91 Å². The van der Waals surface area contributed by atoms with Crippen LogP contribution in [0.5, 0.6) is 5.75 Å². The molecule has 2 atom stereocenters. The molecule has 2 amide bonds. The van der Waals surface area contributed by atoms with Gasteiger partial charge in [-0.05, 0) is 36.8 Å². The molecule has 1 aliphatic carbocycles. The summed E-state index contributed by atoms with van der Waals surface area (Å²) in [5.74, 6) is 1.18. The number of hydrogen-bond donors (Lipinski definition) is 1. The second-order valence-electron chi connectivity index (χ2n) is 6.77. The number of nitrogens with one attached hydrogen (secondary N) is 1. The average molecular weight is 370 g/mol. The lowest BCUT2D eigenvalue weighted by molar-refractivity contribution is -0.117. The fraction of sp³-hybridized carbons (Fsp3) is 0.400. The number of carbonyl (C=O) groups excluding carboxylic acids is 2. The van der Waals surface area contributed by atoms with E-state index in [1.54, 1.807) is 29.4 Å². The summed E-state index contributed by atoms with van der Waals surface area (Å²) >= 11 is 0. The Morgan fingerprint density at radius 3 is 2.74 bits per heavy atom. The van der Waals surface area contributed by atoms with Gasteiger partial charge in [-0.15, -0.1) is 0 Å². The molecule has 4 rings (SSSR count). The zero-order chi connectivity index (χ0) is 18.8. The number of benzene rings is 1. The maximum Gasteiger partial charge on any atom is 0.254 e. The van der Waals surface area contributed by atoms with Crippen LogP contribution in [0.25, 0.3) is 0 Å². The molecular weight excluding hydrogens is 348 g/mol. The predicted octanol–water partition coefficient (Wildman–Crippen LogP) is 2.50. The summed E-state index contributed by atoms with van der Waals surface area (Å²) in [6, 6.07) is 8.82. The molecule has 2 aliphatic rings. The summed E-state index contributed by atoms with van der Waals surface area (Å²) in [7, 11) is 1.54. The molecule has 2 fully saturated rings. The number of anilines is 1. The quantitative estimate of drug-likeness (QED) is 0.875. The van der Waals surface area contributed by atoms with E-state index < -0.39 is 0 Å². The number of morpholine rings is 1. The van der Waals surface area contributed by atoms with Gasteiger partial charge in [-0.3, -0.25) is 9.59 Å². The second kappa shape index (κ2) is 7.44. The third-order valence-corrected chi connectivity index (χ3v) is 5.04. The van der Waals surface area contributed by atoms with Gasteiger partial charge in [-0.2, -0.15) is 0 Å². The van der Waals surface area contributed by atoms with Crippen molar-refractivity contribution in [3.05, 3.63) is 47.9 Å². The molecule has 2 heterocycles. The molecule has 1 aromatic heterocycles. The number of rotatable bonds is 5. The summed E-state index contributed by atoms with van der Waals surface area (Å²) in [4.78, 5) is 27.1. The molecule has 27 heavy (non-hydrogen) atoms. The van der Waals surface area contributed by atoms with E-state index >= 15 is 0 Å². The number of nitrogens with zero attached hydrogens (tertiary/aromatic N) is 1. The Balaban J connectivity index is 1.48. The Morgan fingerprint density at radius 2 is 2.04 bits per heavy atom. The van der Waals surface area contributed by atoms with Crippen molar-refractivity contribution in [2.75, 3.05) is 38.7 Å². The maximum atomic E-state index is 12.7. The monoisotopic (exact) mass is 370 g/mol. The third-order valence-electron chi connectivity index (χ3n) is 5.04. The third kappa shape index (κ3) is 3.68. The average Bonchev–Trinajstić information content (AvgIpc) is 3.33. The fourth-order valence-electron chi connectivity index (χ4n) is 3.41. The molecule has 1 saturated carbocycles. The molecule has 0 radical (unpaired) electrons. The summed E-state index contributed by atoms with van der Waals surface area (Å²) in [5, 5.41) is 2.91. The van der Waals surface area contributed by atoms with E-state index in [2.05, 4.69) is 5.32 Å². The molecule has 2 aromatic rings. The van der Waals surface area contributed by atoms with Crippen LogP contribution in [-0.2, 0) is 9.53 Å². The summed E-state index contributed by atoms with van der Waals surface area (Å²) < 4.78 is 16.0. The zero-order valence-electron chi connectivity index (χ0n) is 15.1. The topological polar surface area (TPSA) is 81.0 Å². The van der Waals surface area contributed by atoms with E-state index in [-0.39, 0.29) is 23.7 Å². The molecule has 0 bridgehead atoms. The molecule has 7 nitrogen and oxygen atoms in total. The molecule has 0 unspecified atom stereocenters. The van der Waals surface area contributed by atoms with Crippen LogP contribution in [0.3, 0.4) is 0 Å². The standard InChI is InChI=1S/C20H22N2O5/c1-25-18-5-4-13(20(24)22-6-9-26-10-7-22)11-16(18)21-19(23)15-12-14(15)17-3-2-8-27-17/h2-5,8,11,14-15H,6-7,9-10,12H2,1H3,(H,21,23)/t14-,15-/m1/s1. The van der Waals surface area contributed by atoms with Gasteiger partial charge in [0, 0.05) is 30.5 Å². The molecule has 1 aromatic carbocycles. The number of furan rings is 1. The Morgan fingerprint density at radius 1 is 1.22 bits per heavy atom. The molecule has 1 N–H and O–H groups in total. The van der Waals surface area contributed by atoms with E-state index in [0.29, 0.717) is 43.3 Å². The first-order chi connectivity index (χ1) is 13.2. The lowest BCUT2D eigenvalue weighted by Crippen LogP contribution is -2.40. The number of methoxy groups -OCH3 is 1. The fourth-order valence-corrected chi connectivity index (χ4v) is 3.41. The van der Waals surface area contributed by atoms with Gasteiger partial charge in [0.1, 0.15) is 11.5 Å². The van der Waals surface area contributed by atoms with Crippen LogP contribution >= 0.6 is 0 Å². The van der Waals surface area contributed by atoms with Crippen LogP contribution < -0.4 is 10.1 Å². The van der Waals surface area contributed by atoms with Crippen LogP contribution in [0.15, 0.2) is 41.0 Å². The number of ether oxygens (including phenoxy) is 2. The largest absolute Gasteiger partial charge is 0.495 e. The van der Waals surface area contributed by atoms with Crippen molar-refractivity contribution >= 4 is 17.5 Å². The van der Waals surface area contributed by atoms with Crippen LogP contribution in [0, 0.1) is 5.92 Å². The van der Waals surface area contributed by atoms with Gasteiger partial charge in [0.15, 0.2) is 0 Å². The van der Waals surface area contributed by atoms with E-state index in [4.69, 9.17) is 13.9 Å². The summed E-state index contributed by atoms with van der Waals surface area (Å²) in [6.07, 6.45) is 2.38. The number of carbonyl (C=O) groups is 2. The Labute approximate surface area is 157 Å². The highest BCUT2D eigenvalue weighted by atomic mass is 16.5. The summed E-state index contributed by atoms with van der Waals surface area (Å²) in [5.41, 5.74) is 1.03. The first-order valence-electron chi connectivity index (χ1n) is 9.06. The normalized spacial score (nSPS) is 21.6. The van der Waals surface area contributed by atoms with Gasteiger partial charge in [-0.25, -0.2) is 0 Å². The molecule has 1 aliphatic heterocycles. The maximum absolute atomic E-state index is 12.7. The Kier molecular flexibility index (Phi) is 4.85. The Hall–Kier alpha value is -2.80. The van der Waals surface area contributed by atoms with Crippen LogP contribution in [0.2, 0.25) is 0 Å². The lowest BCUT2D eigenvalue weighted by Gasteiger charge is -2.27. The Bertz CT molecular complexity index is 827. The molecule has 142 valence electrons. The number of hydrogen-bond acceptors (Lipinski definition) is 5. The highest BCUT2D eigenvalue weighted by Gasteiger charge is 2.46. The van der Waals surface area contributed by atoms with Gasteiger partial charge < -0.3 is 24.1 Å². The lowest BCUT2D eigenvalue weighted by atomic mass is 10.1. The first-order valence-corrected chi connectivity index (χ1v) is 9.06. The zero-order valence-corrected chi connectivity index (χ0v) is 15.1. The van der Waals surface area contributed by atoms with Crippen molar-refractivity contribution in [3.8, 4) is 5.75 Å². The van der Waals surface area contributed by atoms with Gasteiger partial charge >= 0.3 is 0 Å². The van der Waals surface area contributed by atoms with Crippen LogP contribution in [-0.4, -0.2) is 50.1 Å². The van der Waals surface area contributed by atoms with Crippen molar-refractivity contribution in [1.29, 1.82) is 0 Å². The molecular formula is C20H22N2O5. The number of amides is 2. The molecule has 1 saturated heterocycles. The first kappa shape index (κ1) is 17.6.